The Morgan fingerprint density at radius 1 is 0.785 bits per heavy atom. The maximum absolute atomic E-state index is 14.9. The van der Waals surface area contributed by atoms with Gasteiger partial charge >= 0.3 is 0 Å². The molecule has 0 spiro atoms. The highest BCUT2D eigenvalue weighted by Gasteiger charge is 2.48. The fourth-order valence-electron chi connectivity index (χ4n) is 5.53. The first-order chi connectivity index (χ1) is 29.8. The van der Waals surface area contributed by atoms with Crippen LogP contribution in [0.3, 0.4) is 0 Å². The molecule has 4 aromatic heterocycles. The highest BCUT2D eigenvalue weighted by atomic mass is 35.6. The zero-order valence-electron chi connectivity index (χ0n) is 39.4. The number of nitrogens with zero attached hydrogens (tertiary/aromatic N) is 6. The van der Waals surface area contributed by atoms with Crippen molar-refractivity contribution in [2.75, 3.05) is 23.8 Å². The largest absolute Gasteiger partial charge is 0.414 e. The number of amides is 2. The number of carbonyl (C=O) groups is 2. The lowest BCUT2D eigenvalue weighted by Crippen LogP contribution is -2.44. The molecule has 0 unspecified atom stereocenters. The molecule has 0 bridgehead atoms. The number of fused-ring (bicyclic) bond motifs is 2. The van der Waals surface area contributed by atoms with E-state index in [1.807, 2.05) is 0 Å². The number of imidazole rings is 2. The van der Waals surface area contributed by atoms with Gasteiger partial charge in [-0.25, -0.2) is 18.7 Å². The normalized spacial score (nSPS) is 24.0. The van der Waals surface area contributed by atoms with E-state index in [2.05, 4.69) is 108 Å². The number of halogens is 3. The Balaban J connectivity index is 0.000000249. The molecule has 4 aromatic rings. The van der Waals surface area contributed by atoms with E-state index in [0.717, 1.165) is 0 Å². The predicted octanol–water partition coefficient (Wildman–Crippen LogP) is 4.87. The van der Waals surface area contributed by atoms with Gasteiger partial charge in [-0.15, -0.1) is 0 Å². The highest BCUT2D eigenvalue weighted by molar-refractivity contribution is 7.20. The summed E-state index contributed by atoms with van der Waals surface area (Å²) >= 11 is 6.15. The number of hydrogen-bond acceptors (Lipinski definition) is 14. The molecule has 2 amide bonds. The number of ether oxygens (including phenoxy) is 2. The number of aliphatic hydroxyl groups is 3. The summed E-state index contributed by atoms with van der Waals surface area (Å²) in [5, 5.41) is 34.9. The third-order valence-corrected chi connectivity index (χ3v) is 21.7. The van der Waals surface area contributed by atoms with E-state index in [0.29, 0.717) is 5.04 Å². The highest BCUT2D eigenvalue weighted by Crippen LogP contribution is 2.40. The molecule has 2 saturated heterocycles. The van der Waals surface area contributed by atoms with Gasteiger partial charge in [0.05, 0.1) is 25.9 Å². The van der Waals surface area contributed by atoms with Crippen molar-refractivity contribution < 1.29 is 47.6 Å². The quantitative estimate of drug-likeness (QED) is 0.0826. The molecule has 2 aliphatic heterocycles. The van der Waals surface area contributed by atoms with E-state index < -0.39 is 82.6 Å². The van der Waals surface area contributed by atoms with Crippen LogP contribution in [0, 0.1) is 11.8 Å². The summed E-state index contributed by atoms with van der Waals surface area (Å²) in [6, 6.07) is 0. The molecule has 8 atom stereocenters. The van der Waals surface area contributed by atoms with Crippen molar-refractivity contribution in [3.63, 3.8) is 0 Å². The first kappa shape index (κ1) is 53.6. The van der Waals surface area contributed by atoms with Crippen LogP contribution in [0.25, 0.3) is 22.3 Å². The number of aliphatic hydroxyl groups excluding tert-OH is 3. The Labute approximate surface area is 382 Å². The molecule has 364 valence electrons. The molecular weight excluding hydrogens is 910 g/mol. The molecule has 65 heavy (non-hydrogen) atoms. The second-order valence-corrected chi connectivity index (χ2v) is 31.8. The lowest BCUT2D eigenvalue weighted by Gasteiger charge is -2.37. The number of rotatable bonds is 10. The molecule has 25 heteroatoms. The molecule has 2 fully saturated rings. The number of aromatic nitrogens is 8. The monoisotopic (exact) mass is 974 g/mol. The third-order valence-electron chi connectivity index (χ3n) is 11.9. The number of aromatic amines is 2. The van der Waals surface area contributed by atoms with Crippen molar-refractivity contribution in [3.05, 3.63) is 33.4 Å². The fourth-order valence-corrected chi connectivity index (χ4v) is 6.54. The summed E-state index contributed by atoms with van der Waals surface area (Å²) in [5.74, 6) is -1.50. The second kappa shape index (κ2) is 20.5. The van der Waals surface area contributed by atoms with Crippen LogP contribution in [0.5, 0.6) is 0 Å². The Morgan fingerprint density at radius 2 is 1.15 bits per heavy atom. The zero-order valence-corrected chi connectivity index (χ0v) is 42.1. The van der Waals surface area contributed by atoms with Gasteiger partial charge in [0.25, 0.3) is 11.1 Å². The van der Waals surface area contributed by atoms with Crippen LogP contribution in [-0.4, -0.2) is 132 Å². The smallest absolute Gasteiger partial charge is 0.280 e. The standard InChI is InChI=1S/C20H32FN5O5Si.C14H18FN5O5.C6H15ClSi/c1-10(2)16(28)24-19-23-15-13(17(29)25-19)22-9-26(15)18-14(27)12(21)11(31-18)8-30-32(6,7)20(3,4)5;1-5(2)11(23)18-14-17-10-8(12(24)19-14)16-4-20(10)13-9(22)7(15)6(3-21)25-13;1-6(2,3)8(4,5)7/h9-12,14,18,27H,8H2,1-7H3,(H2,23,24,25,28,29);4-7,9,13,21-22H,3H2,1-2H3,(H2,17,18,19,23,24);1-5H3/t11-,12-,14-,18-;6-,7-,9-,13-;/m11./s1. The SMILES string of the molecule is CC(C)(C)[Si](C)(C)Cl.CC(C)C(=O)Nc1nc2c(ncn2[C@@H]2O[C@H](CO)[C@@H](F)[C@H]2O)c(=O)[nH]1.CC(C)C(=O)Nc1nc2c(ncn2[C@@H]2O[C@H](CO[Si](C)(C)C(C)(C)C)[C@@H](F)[C@H]2O)c(=O)[nH]1. The van der Waals surface area contributed by atoms with Crippen LogP contribution in [0.4, 0.5) is 20.7 Å². The Bertz CT molecular complexity index is 2400. The van der Waals surface area contributed by atoms with Crippen LogP contribution in [-0.2, 0) is 23.5 Å². The first-order valence-corrected chi connectivity index (χ1v) is 28.2. The number of carbonyl (C=O) groups excluding carboxylic acids is 2. The molecule has 0 aromatic carbocycles. The van der Waals surface area contributed by atoms with Crippen molar-refractivity contribution in [2.45, 2.75) is 155 Å². The van der Waals surface area contributed by atoms with Crippen molar-refractivity contribution in [1.29, 1.82) is 0 Å². The molecule has 6 rings (SSSR count). The number of alkyl halides is 2. The van der Waals surface area contributed by atoms with Crippen LogP contribution in [0.15, 0.2) is 22.2 Å². The van der Waals surface area contributed by atoms with Crippen molar-refractivity contribution >= 4 is 72.8 Å². The van der Waals surface area contributed by atoms with Gasteiger partial charge in [-0.2, -0.15) is 21.0 Å². The van der Waals surface area contributed by atoms with Crippen molar-refractivity contribution in [2.24, 2.45) is 11.8 Å². The van der Waals surface area contributed by atoms with Crippen LogP contribution < -0.4 is 21.8 Å². The van der Waals surface area contributed by atoms with Gasteiger partial charge in [0.2, 0.25) is 23.7 Å². The minimum Gasteiger partial charge on any atom is -0.414 e. The minimum absolute atomic E-state index is 0.00154. The lowest BCUT2D eigenvalue weighted by atomic mass is 10.1. The van der Waals surface area contributed by atoms with Gasteiger partial charge in [-0.1, -0.05) is 82.3 Å². The maximum atomic E-state index is 14.9. The van der Waals surface area contributed by atoms with Crippen LogP contribution in [0.1, 0.15) is 81.7 Å². The Hall–Kier alpha value is -4.02. The Morgan fingerprint density at radius 3 is 1.48 bits per heavy atom. The fraction of sp³-hybridized carbons (Fsp3) is 0.700. The summed E-state index contributed by atoms with van der Waals surface area (Å²) in [6.45, 7) is 27.4. The lowest BCUT2D eigenvalue weighted by molar-refractivity contribution is -0.119. The van der Waals surface area contributed by atoms with Crippen molar-refractivity contribution in [1.82, 2.24) is 39.0 Å². The molecule has 7 N–H and O–H groups in total. The number of hydrogen-bond donors (Lipinski definition) is 7. The van der Waals surface area contributed by atoms with Crippen LogP contribution >= 0.6 is 11.1 Å². The van der Waals surface area contributed by atoms with E-state index in [1.54, 1.807) is 27.7 Å². The van der Waals surface area contributed by atoms with Crippen LogP contribution in [0.2, 0.25) is 36.3 Å². The molecule has 0 saturated carbocycles. The number of H-pyrrole nitrogens is 2. The Kier molecular flexibility index (Phi) is 16.9. The van der Waals surface area contributed by atoms with Gasteiger partial charge in [0.15, 0.2) is 62.8 Å². The average molecular weight is 976 g/mol. The summed E-state index contributed by atoms with van der Waals surface area (Å²) in [7, 11) is -3.53. The molecule has 0 radical (unpaired) electrons. The topological polar surface area (TPSA) is 274 Å². The zero-order chi connectivity index (χ0) is 49.3. The molecule has 0 aliphatic carbocycles. The summed E-state index contributed by atoms with van der Waals surface area (Å²) in [5.41, 5.74) is -1.17. The van der Waals surface area contributed by atoms with E-state index in [9.17, 15) is 38.2 Å². The summed E-state index contributed by atoms with van der Waals surface area (Å²) in [6.07, 6.45) is -8.65. The van der Waals surface area contributed by atoms with Gasteiger partial charge in [-0.05, 0) is 23.2 Å². The molecule has 2 aliphatic rings. The van der Waals surface area contributed by atoms with E-state index in [-0.39, 0.29) is 69.5 Å². The van der Waals surface area contributed by atoms with E-state index in [4.69, 9.17) is 30.1 Å². The summed E-state index contributed by atoms with van der Waals surface area (Å²) in [4.78, 5) is 69.4. The van der Waals surface area contributed by atoms with E-state index >= 15 is 0 Å². The average Bonchev–Trinajstić information content (AvgIpc) is 3.94. The minimum atomic E-state index is -2.14. The maximum Gasteiger partial charge on any atom is 0.280 e. The molecule has 6 heterocycles. The van der Waals surface area contributed by atoms with E-state index in [1.165, 1.54) is 21.8 Å². The predicted molar refractivity (Wildman–Crippen MR) is 246 cm³/mol. The van der Waals surface area contributed by atoms with Gasteiger partial charge in [0.1, 0.15) is 24.4 Å². The number of nitrogens with one attached hydrogen (secondary N) is 4. The van der Waals surface area contributed by atoms with Gasteiger partial charge < -0.3 is 29.2 Å². The number of anilines is 2. The molecular formula is C40H65ClF2N10O10Si2. The van der Waals surface area contributed by atoms with Crippen molar-refractivity contribution in [3.8, 4) is 0 Å². The first-order valence-electron chi connectivity index (χ1n) is 21.3. The second-order valence-electron chi connectivity index (χ2n) is 19.7. The molecule has 20 nitrogen and oxygen atoms in total. The third kappa shape index (κ3) is 12.3. The van der Waals surface area contributed by atoms with Gasteiger partial charge in [-0.3, -0.25) is 48.9 Å². The summed E-state index contributed by atoms with van der Waals surface area (Å²) < 4.78 is 48.5. The van der Waals surface area contributed by atoms with Gasteiger partial charge in [0, 0.05) is 11.8 Å².